The fourth-order valence-electron chi connectivity index (χ4n) is 5.44. The van der Waals surface area contributed by atoms with E-state index in [0.29, 0.717) is 24.3 Å². The molecular weight excluding hydrogens is 522 g/mol. The van der Waals surface area contributed by atoms with Gasteiger partial charge >= 0.3 is 14.0 Å². The van der Waals surface area contributed by atoms with Gasteiger partial charge in [0, 0.05) is 33.7 Å². The van der Waals surface area contributed by atoms with Crippen molar-refractivity contribution in [3.63, 3.8) is 0 Å². The molecule has 2 aliphatic rings. The highest BCUT2D eigenvalue weighted by Gasteiger charge is 2.35. The lowest BCUT2D eigenvalue weighted by molar-refractivity contribution is 0.300. The smallest absolute Gasteiger partial charge is 0.410 e. The average molecular weight is 560 g/mol. The number of unbranched alkanes of at least 4 members (excludes halogenated alkanes) is 6. The molecule has 0 radical (unpaired) electrons. The Balaban J connectivity index is 1.47. The Morgan fingerprint density at radius 1 is 0.571 bits per heavy atom. The van der Waals surface area contributed by atoms with E-state index in [4.69, 9.17) is 9.47 Å². The zero-order chi connectivity index (χ0) is 29.3. The van der Waals surface area contributed by atoms with Gasteiger partial charge in [0.05, 0.1) is 36.5 Å². The van der Waals surface area contributed by atoms with Crippen molar-refractivity contribution in [3.05, 3.63) is 59.7 Å². The Kier molecular flexibility index (Phi) is 9.66. The molecule has 10 heteroatoms. The van der Waals surface area contributed by atoms with Crippen molar-refractivity contribution in [2.45, 2.75) is 65.2 Å². The van der Waals surface area contributed by atoms with Crippen LogP contribution < -0.4 is 41.3 Å². The third-order valence-corrected chi connectivity index (χ3v) is 7.77. The van der Waals surface area contributed by atoms with E-state index >= 15 is 0 Å². The second-order valence-corrected chi connectivity index (χ2v) is 10.9. The van der Waals surface area contributed by atoms with E-state index in [1.807, 2.05) is 36.4 Å². The summed E-state index contributed by atoms with van der Waals surface area (Å²) in [6, 6.07) is 19.9. The summed E-state index contributed by atoms with van der Waals surface area (Å²) in [7, 11) is 0. The van der Waals surface area contributed by atoms with E-state index in [1.165, 1.54) is 25.7 Å². The molecule has 0 atom stereocenters. The molecule has 42 heavy (non-hydrogen) atoms. The fourth-order valence-corrected chi connectivity index (χ4v) is 5.44. The van der Waals surface area contributed by atoms with Crippen LogP contribution in [0.4, 0.5) is 22.7 Å². The second kappa shape index (κ2) is 14.0. The fraction of sp³-hybridized carbons (Fsp3) is 0.375. The second-order valence-electron chi connectivity index (χ2n) is 10.9. The van der Waals surface area contributed by atoms with E-state index in [9.17, 15) is 10.5 Å². The normalized spacial score (nSPS) is 12.7. The predicted octanol–water partition coefficient (Wildman–Crippen LogP) is 5.81. The lowest BCUT2D eigenvalue weighted by Crippen LogP contribution is -2.47. The van der Waals surface area contributed by atoms with Crippen molar-refractivity contribution in [2.75, 3.05) is 34.1 Å². The number of hydrogen-bond acceptors (Lipinski definition) is 8. The lowest BCUT2D eigenvalue weighted by Gasteiger charge is -2.21. The van der Waals surface area contributed by atoms with Gasteiger partial charge in [-0.2, -0.15) is 10.5 Å². The topological polar surface area (TPSA) is 114 Å². The maximum atomic E-state index is 9.39. The van der Waals surface area contributed by atoms with Crippen LogP contribution in [0.3, 0.4) is 0 Å². The summed E-state index contributed by atoms with van der Waals surface area (Å²) in [5.74, 6) is 1.57. The standard InChI is InChI=1S/C32H38B2N6O2/c1-3-5-7-9-15-41-31-19-26(34-38-28-14-12-24(22-36)18-30(28)40-34)32(42-16-10-8-6-4-2)20-25(31)33-37-27-13-11-23(21-35)17-29(27)39-33/h11-14,17-20,37-40H,3-10,15-16H2,1-2H3. The predicted molar refractivity (Wildman–Crippen MR) is 173 cm³/mol. The van der Waals surface area contributed by atoms with Crippen molar-refractivity contribution in [3.8, 4) is 23.6 Å². The molecule has 0 aliphatic carbocycles. The van der Waals surface area contributed by atoms with Gasteiger partial charge in [-0.25, -0.2) is 0 Å². The van der Waals surface area contributed by atoms with Crippen LogP contribution in [0.2, 0.25) is 0 Å². The molecule has 5 rings (SSSR count). The number of nitrogens with one attached hydrogen (secondary N) is 4. The van der Waals surface area contributed by atoms with Gasteiger partial charge in [0.2, 0.25) is 0 Å². The maximum Gasteiger partial charge on any atom is 0.410 e. The Hall–Kier alpha value is -4.43. The van der Waals surface area contributed by atoms with Gasteiger partial charge in [0.15, 0.2) is 0 Å². The van der Waals surface area contributed by atoms with Gasteiger partial charge in [-0.3, -0.25) is 0 Å². The minimum absolute atomic E-state index is 0.240. The molecule has 4 N–H and O–H groups in total. The monoisotopic (exact) mass is 560 g/mol. The molecule has 8 nitrogen and oxygen atoms in total. The van der Waals surface area contributed by atoms with Crippen LogP contribution >= 0.6 is 0 Å². The number of rotatable bonds is 14. The van der Waals surface area contributed by atoms with Gasteiger partial charge in [-0.1, -0.05) is 52.4 Å². The number of benzene rings is 3. The number of nitrogens with zero attached hydrogens (tertiary/aromatic N) is 2. The highest BCUT2D eigenvalue weighted by molar-refractivity contribution is 6.83. The van der Waals surface area contributed by atoms with Crippen molar-refractivity contribution in [1.82, 2.24) is 0 Å². The summed E-state index contributed by atoms with van der Waals surface area (Å²) in [6.45, 7) is 5.18. The van der Waals surface area contributed by atoms with Crippen LogP contribution in [0.15, 0.2) is 48.5 Å². The maximum absolute atomic E-state index is 9.39. The van der Waals surface area contributed by atoms with Crippen molar-refractivity contribution in [1.29, 1.82) is 10.5 Å². The van der Waals surface area contributed by atoms with Crippen LogP contribution in [-0.4, -0.2) is 27.2 Å². The van der Waals surface area contributed by atoms with Crippen molar-refractivity contribution < 1.29 is 9.47 Å². The first-order chi connectivity index (χ1) is 20.6. The molecule has 214 valence electrons. The molecule has 0 aromatic heterocycles. The highest BCUT2D eigenvalue weighted by Crippen LogP contribution is 2.32. The first-order valence-electron chi connectivity index (χ1n) is 15.2. The van der Waals surface area contributed by atoms with Crippen molar-refractivity contribution in [2.24, 2.45) is 0 Å². The molecular formula is C32H38B2N6O2. The average Bonchev–Trinajstić information content (AvgIpc) is 3.64. The number of ether oxygens (including phenoxy) is 2. The quantitative estimate of drug-likeness (QED) is 0.144. The van der Waals surface area contributed by atoms with Crippen LogP contribution in [0.5, 0.6) is 11.5 Å². The molecule has 0 amide bonds. The van der Waals surface area contributed by atoms with Gasteiger partial charge < -0.3 is 30.4 Å². The van der Waals surface area contributed by atoms with E-state index in [2.05, 4.69) is 59.0 Å². The van der Waals surface area contributed by atoms with Crippen LogP contribution in [-0.2, 0) is 0 Å². The first kappa shape index (κ1) is 29.1. The number of anilines is 4. The van der Waals surface area contributed by atoms with Gasteiger partial charge in [-0.05, 0) is 61.4 Å². The molecule has 0 bridgehead atoms. The van der Waals surface area contributed by atoms with Crippen LogP contribution in [0.25, 0.3) is 0 Å². The molecule has 0 saturated carbocycles. The molecule has 2 aliphatic heterocycles. The molecule has 2 heterocycles. The summed E-state index contributed by atoms with van der Waals surface area (Å²) < 4.78 is 13.0. The molecule has 3 aromatic carbocycles. The number of fused-ring (bicyclic) bond motifs is 2. The molecule has 0 unspecified atom stereocenters. The number of hydrogen-bond donors (Lipinski definition) is 4. The Morgan fingerprint density at radius 3 is 1.40 bits per heavy atom. The Morgan fingerprint density at radius 2 is 1.00 bits per heavy atom. The summed E-state index contributed by atoms with van der Waals surface area (Å²) in [5, 5.41) is 33.0. The molecule has 0 spiro atoms. The summed E-state index contributed by atoms with van der Waals surface area (Å²) >= 11 is 0. The SMILES string of the molecule is CCCCCCOc1cc(B2Nc3ccc(C#N)cc3N2)c(OCCCCCC)cc1B1Nc2ccc(C#N)cc2N1. The van der Waals surface area contributed by atoms with Crippen molar-refractivity contribution >= 4 is 47.6 Å². The van der Waals surface area contributed by atoms with Gasteiger partial charge in [-0.15, -0.1) is 0 Å². The zero-order valence-electron chi connectivity index (χ0n) is 24.6. The van der Waals surface area contributed by atoms with E-state index in [-0.39, 0.29) is 14.0 Å². The third-order valence-electron chi connectivity index (χ3n) is 7.77. The minimum atomic E-state index is -0.240. The third kappa shape index (κ3) is 6.71. The summed E-state index contributed by atoms with van der Waals surface area (Å²) in [4.78, 5) is 0. The highest BCUT2D eigenvalue weighted by atomic mass is 16.5. The summed E-state index contributed by atoms with van der Waals surface area (Å²) in [6.07, 6.45) is 8.94. The molecule has 0 saturated heterocycles. The summed E-state index contributed by atoms with van der Waals surface area (Å²) in [5.41, 5.74) is 6.80. The molecule has 0 fully saturated rings. The van der Waals surface area contributed by atoms with Gasteiger partial charge in [0.1, 0.15) is 11.5 Å². The zero-order valence-corrected chi connectivity index (χ0v) is 24.6. The first-order valence-corrected chi connectivity index (χ1v) is 15.2. The van der Waals surface area contributed by atoms with Gasteiger partial charge in [0.25, 0.3) is 0 Å². The van der Waals surface area contributed by atoms with Crippen LogP contribution in [0.1, 0.15) is 76.3 Å². The van der Waals surface area contributed by atoms with E-state index in [0.717, 1.165) is 70.9 Å². The Labute approximate surface area is 250 Å². The largest absolute Gasteiger partial charge is 0.494 e. The van der Waals surface area contributed by atoms with Crippen LogP contribution in [0, 0.1) is 22.7 Å². The molecule has 3 aromatic rings. The van der Waals surface area contributed by atoms with E-state index in [1.54, 1.807) is 0 Å². The number of nitriles is 2. The Bertz CT molecular complexity index is 1370. The minimum Gasteiger partial charge on any atom is -0.494 e. The lowest BCUT2D eigenvalue weighted by atomic mass is 9.64. The van der Waals surface area contributed by atoms with E-state index < -0.39 is 0 Å².